The average molecular weight is 481 g/mol. The molecule has 0 amide bonds. The summed E-state index contributed by atoms with van der Waals surface area (Å²) in [6, 6.07) is 2.27. The van der Waals surface area contributed by atoms with Crippen LogP contribution in [-0.4, -0.2) is 50.3 Å². The number of hydrogen-bond acceptors (Lipinski definition) is 6. The molecule has 1 spiro atoms. The van der Waals surface area contributed by atoms with Gasteiger partial charge in [0, 0.05) is 25.3 Å². The smallest absolute Gasteiger partial charge is 0.366 e. The summed E-state index contributed by atoms with van der Waals surface area (Å²) < 4.78 is 65.8. The molecule has 2 fully saturated rings. The van der Waals surface area contributed by atoms with Crippen LogP contribution in [0.25, 0.3) is 11.2 Å². The van der Waals surface area contributed by atoms with E-state index >= 15 is 0 Å². The molecule has 0 aromatic carbocycles. The van der Waals surface area contributed by atoms with E-state index in [9.17, 15) is 22.0 Å². The Morgan fingerprint density at radius 2 is 1.91 bits per heavy atom. The topological polar surface area (TPSA) is 71.8 Å². The second kappa shape index (κ2) is 8.62. The molecule has 1 atom stereocenters. The Balaban J connectivity index is 1.21. The van der Waals surface area contributed by atoms with Crippen molar-refractivity contribution in [2.24, 2.45) is 5.41 Å². The van der Waals surface area contributed by atoms with Crippen LogP contribution in [-0.2, 0) is 12.7 Å². The second-order valence-corrected chi connectivity index (χ2v) is 9.15. The number of nitrogens with zero attached hydrogens (tertiary/aromatic N) is 6. The van der Waals surface area contributed by atoms with E-state index in [-0.39, 0.29) is 11.5 Å². The van der Waals surface area contributed by atoms with Crippen molar-refractivity contribution in [2.45, 2.75) is 57.3 Å². The Hall–Kier alpha value is -3.05. The van der Waals surface area contributed by atoms with Crippen LogP contribution in [0, 0.1) is 5.41 Å². The van der Waals surface area contributed by atoms with Gasteiger partial charge in [-0.2, -0.15) is 18.3 Å². The maximum Gasteiger partial charge on any atom is 0.416 e. The van der Waals surface area contributed by atoms with Gasteiger partial charge >= 0.3 is 6.18 Å². The fourth-order valence-electron chi connectivity index (χ4n) is 5.15. The fraction of sp³-hybridized carbons (Fsp3) is 0.545. The van der Waals surface area contributed by atoms with Crippen molar-refractivity contribution >= 4 is 22.8 Å². The van der Waals surface area contributed by atoms with Crippen molar-refractivity contribution in [2.75, 3.05) is 23.3 Å². The van der Waals surface area contributed by atoms with Crippen molar-refractivity contribution in [3.05, 3.63) is 36.3 Å². The van der Waals surface area contributed by atoms with Crippen LogP contribution in [0.2, 0.25) is 0 Å². The Kier molecular flexibility index (Phi) is 5.76. The third-order valence-electron chi connectivity index (χ3n) is 6.93. The van der Waals surface area contributed by atoms with E-state index in [0.717, 1.165) is 48.9 Å². The molecule has 5 rings (SSSR count). The molecule has 0 radical (unpaired) electrons. The van der Waals surface area contributed by atoms with Gasteiger partial charge in [0.05, 0.1) is 18.0 Å². The summed E-state index contributed by atoms with van der Waals surface area (Å²) in [6.07, 6.45) is 1.89. The van der Waals surface area contributed by atoms with Gasteiger partial charge in [0.15, 0.2) is 5.65 Å². The lowest BCUT2D eigenvalue weighted by atomic mass is 9.77. The molecule has 182 valence electrons. The summed E-state index contributed by atoms with van der Waals surface area (Å²) in [5.41, 5.74) is 0.214. The normalized spacial score (nSPS) is 20.5. The minimum Gasteiger partial charge on any atom is -0.366 e. The first-order valence-corrected chi connectivity index (χ1v) is 11.2. The Morgan fingerprint density at radius 3 is 2.65 bits per heavy atom. The summed E-state index contributed by atoms with van der Waals surface area (Å²) >= 11 is 0. The first-order valence-electron chi connectivity index (χ1n) is 11.2. The quantitative estimate of drug-likeness (QED) is 0.530. The number of halogens is 5. The predicted octanol–water partition coefficient (Wildman–Crippen LogP) is 4.76. The van der Waals surface area contributed by atoms with Crippen LogP contribution < -0.4 is 10.2 Å². The Morgan fingerprint density at radius 1 is 1.12 bits per heavy atom. The maximum atomic E-state index is 13.0. The molecule has 3 aromatic rings. The van der Waals surface area contributed by atoms with Crippen LogP contribution in [0.4, 0.5) is 33.6 Å². The van der Waals surface area contributed by atoms with E-state index in [1.165, 1.54) is 12.4 Å². The highest BCUT2D eigenvalue weighted by molar-refractivity contribution is 5.71. The molecule has 34 heavy (non-hydrogen) atoms. The Labute approximate surface area is 192 Å². The number of alkyl halides is 5. The van der Waals surface area contributed by atoms with Crippen LogP contribution in [0.1, 0.15) is 37.7 Å². The number of pyridine rings is 1. The van der Waals surface area contributed by atoms with Crippen LogP contribution in [0.3, 0.4) is 0 Å². The summed E-state index contributed by atoms with van der Waals surface area (Å²) in [6.45, 7) is 0.768. The number of piperidine rings is 1. The number of nitrogens with one attached hydrogen (secondary N) is 1. The lowest BCUT2D eigenvalue weighted by molar-refractivity contribution is -0.137. The molecular weight excluding hydrogens is 457 g/mol. The van der Waals surface area contributed by atoms with E-state index in [1.54, 1.807) is 6.20 Å². The van der Waals surface area contributed by atoms with Crippen LogP contribution in [0.15, 0.2) is 30.7 Å². The van der Waals surface area contributed by atoms with Gasteiger partial charge in [-0.05, 0) is 49.7 Å². The number of aromatic nitrogens is 5. The van der Waals surface area contributed by atoms with Crippen LogP contribution >= 0.6 is 0 Å². The summed E-state index contributed by atoms with van der Waals surface area (Å²) in [5, 5.41) is 7.33. The van der Waals surface area contributed by atoms with E-state index in [4.69, 9.17) is 0 Å². The van der Waals surface area contributed by atoms with Gasteiger partial charge in [-0.25, -0.2) is 28.4 Å². The summed E-state index contributed by atoms with van der Waals surface area (Å²) in [5.74, 6) is 0.887. The SMILES string of the molecule is FC(F)Cn1ncc2ncc(NC3CCC4(CCN(c5cc(C(F)(F)F)ccn5)CC4)C3)nc21. The molecule has 12 heteroatoms. The minimum absolute atomic E-state index is 0.116. The van der Waals surface area contributed by atoms with Gasteiger partial charge in [0.25, 0.3) is 6.43 Å². The van der Waals surface area contributed by atoms with Gasteiger partial charge in [-0.3, -0.25) is 0 Å². The molecule has 3 aromatic heterocycles. The van der Waals surface area contributed by atoms with Gasteiger partial charge in [-0.15, -0.1) is 0 Å². The van der Waals surface area contributed by atoms with E-state index in [2.05, 4.69) is 25.4 Å². The molecule has 1 aliphatic carbocycles. The highest BCUT2D eigenvalue weighted by atomic mass is 19.4. The molecule has 2 aliphatic rings. The highest BCUT2D eigenvalue weighted by Crippen LogP contribution is 2.47. The van der Waals surface area contributed by atoms with Crippen molar-refractivity contribution in [3.63, 3.8) is 0 Å². The molecule has 0 bridgehead atoms. The zero-order valence-electron chi connectivity index (χ0n) is 18.3. The monoisotopic (exact) mass is 481 g/mol. The number of rotatable bonds is 5. The molecule has 1 N–H and O–H groups in total. The first kappa shape index (κ1) is 22.7. The fourth-order valence-corrected chi connectivity index (χ4v) is 5.15. The van der Waals surface area contributed by atoms with E-state index in [1.807, 2.05) is 4.90 Å². The third kappa shape index (κ3) is 4.62. The zero-order chi connectivity index (χ0) is 23.9. The predicted molar refractivity (Wildman–Crippen MR) is 116 cm³/mol. The lowest BCUT2D eigenvalue weighted by Gasteiger charge is -2.40. The largest absolute Gasteiger partial charge is 0.416 e. The zero-order valence-corrected chi connectivity index (χ0v) is 18.3. The number of anilines is 2. The standard InChI is InChI=1S/C22H24F5N7/c23-17(24)13-34-20-16(11-30-34)29-12-18(32-20)31-15-1-3-21(10-15)4-7-33(8-5-21)19-9-14(2-6-28-19)22(25,26)27/h2,6,9,11-12,15,17H,1,3-5,7-8,10,13H2,(H,31,32). The molecule has 1 unspecified atom stereocenters. The van der Waals surface area contributed by atoms with E-state index in [0.29, 0.717) is 35.9 Å². The molecule has 1 saturated heterocycles. The van der Waals surface area contributed by atoms with Crippen LogP contribution in [0.5, 0.6) is 0 Å². The Bertz CT molecular complexity index is 1150. The second-order valence-electron chi connectivity index (χ2n) is 9.15. The van der Waals surface area contributed by atoms with Crippen molar-refractivity contribution < 1.29 is 22.0 Å². The van der Waals surface area contributed by atoms with Crippen molar-refractivity contribution in [1.82, 2.24) is 24.7 Å². The van der Waals surface area contributed by atoms with Gasteiger partial charge in [-0.1, -0.05) is 0 Å². The molecule has 1 saturated carbocycles. The van der Waals surface area contributed by atoms with Crippen molar-refractivity contribution in [1.29, 1.82) is 0 Å². The minimum atomic E-state index is -4.39. The third-order valence-corrected chi connectivity index (χ3v) is 6.93. The maximum absolute atomic E-state index is 13.0. The van der Waals surface area contributed by atoms with Crippen molar-refractivity contribution in [3.8, 4) is 0 Å². The number of hydrogen-bond donors (Lipinski definition) is 1. The number of fused-ring (bicyclic) bond motifs is 1. The van der Waals surface area contributed by atoms with E-state index < -0.39 is 24.7 Å². The molecular formula is C22H24F5N7. The average Bonchev–Trinajstić information content (AvgIpc) is 3.37. The first-order chi connectivity index (χ1) is 16.2. The van der Waals surface area contributed by atoms with Gasteiger partial charge in [0.2, 0.25) is 0 Å². The highest BCUT2D eigenvalue weighted by Gasteiger charge is 2.42. The van der Waals surface area contributed by atoms with Gasteiger partial charge in [0.1, 0.15) is 23.7 Å². The summed E-state index contributed by atoms with van der Waals surface area (Å²) in [7, 11) is 0. The molecule has 1 aliphatic heterocycles. The van der Waals surface area contributed by atoms with Gasteiger partial charge < -0.3 is 10.2 Å². The molecule has 4 heterocycles. The lowest BCUT2D eigenvalue weighted by Crippen LogP contribution is -2.40. The molecule has 7 nitrogen and oxygen atoms in total. The summed E-state index contributed by atoms with van der Waals surface area (Å²) in [4.78, 5) is 14.8.